The molecule has 0 spiro atoms. The number of hydrogen-bond donors (Lipinski definition) is 1. The van der Waals surface area contributed by atoms with Gasteiger partial charge in [-0.25, -0.2) is 19.2 Å². The Morgan fingerprint density at radius 3 is 2.74 bits per heavy atom. The highest BCUT2D eigenvalue weighted by Crippen LogP contribution is 2.29. The summed E-state index contributed by atoms with van der Waals surface area (Å²) in [5.41, 5.74) is 0.207. The number of ether oxygens (including phenoxy) is 2. The zero-order chi connectivity index (χ0) is 19.4. The Kier molecular flexibility index (Phi) is 5.56. The van der Waals surface area contributed by atoms with Crippen molar-refractivity contribution in [1.29, 1.82) is 0 Å². The molecule has 0 unspecified atom stereocenters. The van der Waals surface area contributed by atoms with E-state index in [0.717, 1.165) is 0 Å². The van der Waals surface area contributed by atoms with E-state index < -0.39 is 11.8 Å². The van der Waals surface area contributed by atoms with Crippen molar-refractivity contribution in [3.05, 3.63) is 58.9 Å². The molecule has 3 rings (SSSR count). The minimum atomic E-state index is -0.737. The molecule has 2 aromatic heterocycles. The van der Waals surface area contributed by atoms with E-state index in [0.29, 0.717) is 11.3 Å². The van der Waals surface area contributed by atoms with E-state index in [2.05, 4.69) is 15.3 Å². The lowest BCUT2D eigenvalue weighted by molar-refractivity contribution is 0.0594. The zero-order valence-electron chi connectivity index (χ0n) is 14.5. The third-order valence-corrected chi connectivity index (χ3v) is 4.01. The average Bonchev–Trinajstić information content (AvgIpc) is 3.20. The Balaban J connectivity index is 2.03. The highest BCUT2D eigenvalue weighted by atomic mass is 35.5. The van der Waals surface area contributed by atoms with Gasteiger partial charge in [0.05, 0.1) is 27.0 Å². The van der Waals surface area contributed by atoms with Crippen molar-refractivity contribution < 1.29 is 23.1 Å². The van der Waals surface area contributed by atoms with Crippen LogP contribution in [-0.2, 0) is 11.3 Å². The maximum absolute atomic E-state index is 14.0. The summed E-state index contributed by atoms with van der Waals surface area (Å²) in [7, 11) is 2.58. The molecule has 0 aliphatic rings. The normalized spacial score (nSPS) is 10.5. The van der Waals surface area contributed by atoms with E-state index in [4.69, 9.17) is 25.5 Å². The van der Waals surface area contributed by atoms with Gasteiger partial charge in [-0.2, -0.15) is 0 Å². The van der Waals surface area contributed by atoms with Crippen LogP contribution >= 0.6 is 11.6 Å². The second kappa shape index (κ2) is 8.05. The van der Waals surface area contributed by atoms with Gasteiger partial charge in [0.25, 0.3) is 0 Å². The first-order valence-electron chi connectivity index (χ1n) is 7.79. The Morgan fingerprint density at radius 1 is 1.30 bits per heavy atom. The number of esters is 1. The summed E-state index contributed by atoms with van der Waals surface area (Å²) < 4.78 is 28.9. The molecule has 0 radical (unpaired) electrons. The summed E-state index contributed by atoms with van der Waals surface area (Å²) in [4.78, 5) is 20.5. The number of carbonyl (C=O) groups is 1. The van der Waals surface area contributed by atoms with E-state index in [9.17, 15) is 9.18 Å². The van der Waals surface area contributed by atoms with E-state index in [1.807, 2.05) is 0 Å². The lowest BCUT2D eigenvalue weighted by Gasteiger charge is -2.12. The topological polar surface area (TPSA) is 86.5 Å². The van der Waals surface area contributed by atoms with E-state index >= 15 is 0 Å². The minimum Gasteiger partial charge on any atom is -0.494 e. The van der Waals surface area contributed by atoms with Crippen LogP contribution in [0.25, 0.3) is 11.4 Å². The largest absolute Gasteiger partial charge is 0.494 e. The molecule has 0 aliphatic carbocycles. The SMILES string of the molecule is COC(=O)c1nc(-c2ccc(OC)c(F)c2)nc(NCc2ccco2)c1Cl. The minimum absolute atomic E-state index is 0.00820. The molecule has 9 heteroatoms. The Morgan fingerprint density at radius 2 is 2.11 bits per heavy atom. The van der Waals surface area contributed by atoms with Gasteiger partial charge >= 0.3 is 5.97 Å². The summed E-state index contributed by atoms with van der Waals surface area (Å²) >= 11 is 6.25. The molecule has 0 bridgehead atoms. The fourth-order valence-electron chi connectivity index (χ4n) is 2.31. The second-order valence-corrected chi connectivity index (χ2v) is 5.71. The molecule has 27 heavy (non-hydrogen) atoms. The number of aromatic nitrogens is 2. The molecule has 0 atom stereocenters. The highest BCUT2D eigenvalue weighted by Gasteiger charge is 2.21. The van der Waals surface area contributed by atoms with Crippen LogP contribution in [-0.4, -0.2) is 30.2 Å². The zero-order valence-corrected chi connectivity index (χ0v) is 15.2. The van der Waals surface area contributed by atoms with Crippen molar-refractivity contribution in [2.45, 2.75) is 6.54 Å². The Bertz CT molecular complexity index is 963. The number of nitrogens with one attached hydrogen (secondary N) is 1. The number of halogens is 2. The number of carbonyl (C=O) groups excluding carboxylic acids is 1. The molecule has 0 saturated carbocycles. The summed E-state index contributed by atoms with van der Waals surface area (Å²) in [5, 5.41) is 2.97. The maximum Gasteiger partial charge on any atom is 0.358 e. The van der Waals surface area contributed by atoms with E-state index in [1.54, 1.807) is 18.2 Å². The molecule has 1 aromatic carbocycles. The Labute approximate surface area is 159 Å². The van der Waals surface area contributed by atoms with E-state index in [-0.39, 0.29) is 34.7 Å². The van der Waals surface area contributed by atoms with Gasteiger partial charge < -0.3 is 19.2 Å². The first-order chi connectivity index (χ1) is 13.0. The van der Waals surface area contributed by atoms with Crippen molar-refractivity contribution >= 4 is 23.4 Å². The molecule has 0 aliphatic heterocycles. The van der Waals surface area contributed by atoms with Crippen LogP contribution in [0, 0.1) is 5.82 Å². The second-order valence-electron chi connectivity index (χ2n) is 5.33. The van der Waals surface area contributed by atoms with Crippen molar-refractivity contribution in [3.63, 3.8) is 0 Å². The lowest BCUT2D eigenvalue weighted by atomic mass is 10.2. The lowest BCUT2D eigenvalue weighted by Crippen LogP contribution is -2.11. The first kappa shape index (κ1) is 18.7. The molecular formula is C18H15ClFN3O4. The number of furan rings is 1. The molecule has 2 heterocycles. The number of benzene rings is 1. The van der Waals surface area contributed by atoms with Crippen molar-refractivity contribution in [2.75, 3.05) is 19.5 Å². The number of nitrogens with zero attached hydrogens (tertiary/aromatic N) is 2. The highest BCUT2D eigenvalue weighted by molar-refractivity contribution is 6.35. The quantitative estimate of drug-likeness (QED) is 0.637. The van der Waals surface area contributed by atoms with Crippen molar-refractivity contribution in [2.24, 2.45) is 0 Å². The number of rotatable bonds is 6. The molecule has 3 aromatic rings. The third-order valence-electron chi connectivity index (χ3n) is 3.65. The van der Waals surface area contributed by atoms with Gasteiger partial charge in [-0.1, -0.05) is 11.6 Å². The average molecular weight is 392 g/mol. The molecule has 1 N–H and O–H groups in total. The molecule has 0 saturated heterocycles. The first-order valence-corrected chi connectivity index (χ1v) is 8.17. The van der Waals surface area contributed by atoms with E-state index in [1.165, 1.54) is 32.6 Å². The van der Waals surface area contributed by atoms with Crippen molar-refractivity contribution in [1.82, 2.24) is 9.97 Å². The summed E-state index contributed by atoms with van der Waals surface area (Å²) in [6.07, 6.45) is 1.53. The predicted molar refractivity (Wildman–Crippen MR) is 96.4 cm³/mol. The summed E-state index contributed by atoms with van der Waals surface area (Å²) in [6.45, 7) is 0.279. The summed E-state index contributed by atoms with van der Waals surface area (Å²) in [5.74, 6) is -0.312. The number of methoxy groups -OCH3 is 2. The maximum atomic E-state index is 14.0. The number of hydrogen-bond acceptors (Lipinski definition) is 7. The molecule has 7 nitrogen and oxygen atoms in total. The van der Waals surface area contributed by atoms with Gasteiger partial charge in [-0.05, 0) is 30.3 Å². The van der Waals surface area contributed by atoms with Gasteiger partial charge in [0, 0.05) is 5.56 Å². The van der Waals surface area contributed by atoms with Gasteiger partial charge in [0.15, 0.2) is 23.1 Å². The van der Waals surface area contributed by atoms with Gasteiger partial charge in [0.2, 0.25) is 0 Å². The van der Waals surface area contributed by atoms with Crippen LogP contribution in [0.2, 0.25) is 5.02 Å². The fourth-order valence-corrected chi connectivity index (χ4v) is 2.54. The third kappa shape index (κ3) is 4.01. The van der Waals surface area contributed by atoms with Crippen LogP contribution in [0.15, 0.2) is 41.0 Å². The molecule has 140 valence electrons. The van der Waals surface area contributed by atoms with Gasteiger partial charge in [0.1, 0.15) is 16.6 Å². The smallest absolute Gasteiger partial charge is 0.358 e. The monoisotopic (exact) mass is 391 g/mol. The van der Waals surface area contributed by atoms with Gasteiger partial charge in [-0.15, -0.1) is 0 Å². The molecule has 0 fully saturated rings. The van der Waals surface area contributed by atoms with Gasteiger partial charge in [-0.3, -0.25) is 0 Å². The summed E-state index contributed by atoms with van der Waals surface area (Å²) in [6, 6.07) is 7.73. The van der Waals surface area contributed by atoms with Crippen LogP contribution in [0.3, 0.4) is 0 Å². The molecule has 0 amide bonds. The van der Waals surface area contributed by atoms with Crippen LogP contribution in [0.5, 0.6) is 5.75 Å². The van der Waals surface area contributed by atoms with Crippen LogP contribution < -0.4 is 10.1 Å². The molecular weight excluding hydrogens is 377 g/mol. The van der Waals surface area contributed by atoms with Crippen LogP contribution in [0.4, 0.5) is 10.2 Å². The standard InChI is InChI=1S/C18H15ClFN3O4/c1-25-13-6-5-10(8-12(13)20)16-22-15(18(24)26-2)14(19)17(23-16)21-9-11-4-3-7-27-11/h3-8H,9H2,1-2H3,(H,21,22,23). The number of anilines is 1. The van der Waals surface area contributed by atoms with Crippen LogP contribution in [0.1, 0.15) is 16.2 Å². The predicted octanol–water partition coefficient (Wildman–Crippen LogP) is 3.94. The van der Waals surface area contributed by atoms with Crippen molar-refractivity contribution in [3.8, 4) is 17.1 Å². The fraction of sp³-hybridized carbons (Fsp3) is 0.167. The Hall–Kier alpha value is -3.13.